The largest absolute Gasteiger partial charge is 0.381 e. The van der Waals surface area contributed by atoms with Crippen molar-refractivity contribution in [3.05, 3.63) is 0 Å². The maximum atomic E-state index is 5.46. The normalized spacial score (nSPS) is 27.2. The molecule has 2 rings (SSSR count). The summed E-state index contributed by atoms with van der Waals surface area (Å²) < 4.78 is 5.46. The van der Waals surface area contributed by atoms with Crippen molar-refractivity contribution >= 4 is 0 Å². The number of ether oxygens (including phenoxy) is 1. The van der Waals surface area contributed by atoms with Gasteiger partial charge in [0.15, 0.2) is 0 Å². The van der Waals surface area contributed by atoms with Gasteiger partial charge in [0.25, 0.3) is 0 Å². The van der Waals surface area contributed by atoms with E-state index in [1.54, 1.807) is 0 Å². The summed E-state index contributed by atoms with van der Waals surface area (Å²) in [5, 5.41) is 0. The fourth-order valence-electron chi connectivity index (χ4n) is 3.81. The molecular weight excluding hydrogens is 208 g/mol. The summed E-state index contributed by atoms with van der Waals surface area (Å²) in [6.45, 7) is 6.98. The zero-order chi connectivity index (χ0) is 12.1. The second kappa shape index (κ2) is 6.78. The van der Waals surface area contributed by atoms with Crippen molar-refractivity contribution in [1.29, 1.82) is 0 Å². The second-order valence-corrected chi connectivity index (χ2v) is 6.53. The topological polar surface area (TPSA) is 9.23 Å². The monoisotopic (exact) mass is 238 g/mol. The van der Waals surface area contributed by atoms with Gasteiger partial charge in [0.2, 0.25) is 0 Å². The van der Waals surface area contributed by atoms with Crippen molar-refractivity contribution < 1.29 is 4.74 Å². The lowest BCUT2D eigenvalue weighted by Crippen LogP contribution is -2.22. The molecule has 0 spiro atoms. The third-order valence-corrected chi connectivity index (χ3v) is 5.35. The van der Waals surface area contributed by atoms with Gasteiger partial charge < -0.3 is 4.74 Å². The van der Waals surface area contributed by atoms with Crippen molar-refractivity contribution in [2.24, 2.45) is 23.7 Å². The van der Waals surface area contributed by atoms with Crippen LogP contribution in [0.3, 0.4) is 0 Å². The summed E-state index contributed by atoms with van der Waals surface area (Å²) in [5.74, 6) is 3.89. The summed E-state index contributed by atoms with van der Waals surface area (Å²) in [6, 6.07) is 0. The summed E-state index contributed by atoms with van der Waals surface area (Å²) in [6.07, 6.45) is 11.5. The molecule has 1 aliphatic heterocycles. The first kappa shape index (κ1) is 13.4. The van der Waals surface area contributed by atoms with Gasteiger partial charge >= 0.3 is 0 Å². The molecule has 0 bridgehead atoms. The van der Waals surface area contributed by atoms with Crippen molar-refractivity contribution in [1.82, 2.24) is 0 Å². The third kappa shape index (κ3) is 3.98. The predicted molar refractivity (Wildman–Crippen MR) is 73.1 cm³/mol. The smallest absolute Gasteiger partial charge is 0.0468 e. The molecule has 0 aromatic carbocycles. The molecule has 1 heteroatoms. The molecular formula is C16H30O. The van der Waals surface area contributed by atoms with Crippen LogP contribution in [0.1, 0.15) is 65.2 Å². The van der Waals surface area contributed by atoms with Crippen LogP contribution in [0.15, 0.2) is 0 Å². The van der Waals surface area contributed by atoms with Crippen LogP contribution < -0.4 is 0 Å². The average Bonchev–Trinajstić information content (AvgIpc) is 2.90. The maximum absolute atomic E-state index is 5.46. The minimum atomic E-state index is 0.919. The van der Waals surface area contributed by atoms with Crippen LogP contribution in [0, 0.1) is 23.7 Å². The van der Waals surface area contributed by atoms with Crippen molar-refractivity contribution in [3.8, 4) is 0 Å². The van der Waals surface area contributed by atoms with Crippen molar-refractivity contribution in [2.45, 2.75) is 65.2 Å². The van der Waals surface area contributed by atoms with Crippen LogP contribution in [0.2, 0.25) is 0 Å². The van der Waals surface area contributed by atoms with E-state index < -0.39 is 0 Å². The SMILES string of the molecule is CC(CCC(C)C1CCOCC1)C1CCCC1. The second-order valence-electron chi connectivity index (χ2n) is 6.53. The standard InChI is InChI=1S/C16H30O/c1-13(15-5-3-4-6-15)7-8-14(2)16-9-11-17-12-10-16/h13-16H,3-12H2,1-2H3. The van der Waals surface area contributed by atoms with Gasteiger partial charge in [-0.15, -0.1) is 0 Å². The fraction of sp³-hybridized carbons (Fsp3) is 1.00. The molecule has 17 heavy (non-hydrogen) atoms. The van der Waals surface area contributed by atoms with Crippen LogP contribution in [-0.2, 0) is 4.74 Å². The zero-order valence-corrected chi connectivity index (χ0v) is 11.8. The molecule has 2 aliphatic rings. The minimum Gasteiger partial charge on any atom is -0.381 e. The van der Waals surface area contributed by atoms with E-state index >= 15 is 0 Å². The molecule has 0 N–H and O–H groups in total. The number of hydrogen-bond acceptors (Lipinski definition) is 1. The molecule has 1 saturated carbocycles. The highest BCUT2D eigenvalue weighted by Gasteiger charge is 2.24. The Morgan fingerprint density at radius 1 is 0.824 bits per heavy atom. The Hall–Kier alpha value is -0.0400. The van der Waals surface area contributed by atoms with Crippen molar-refractivity contribution in [2.75, 3.05) is 13.2 Å². The van der Waals surface area contributed by atoms with E-state index in [1.807, 2.05) is 0 Å². The number of hydrogen-bond donors (Lipinski definition) is 0. The highest BCUT2D eigenvalue weighted by Crippen LogP contribution is 2.35. The Kier molecular flexibility index (Phi) is 5.34. The van der Waals surface area contributed by atoms with Gasteiger partial charge in [-0.1, -0.05) is 52.4 Å². The van der Waals surface area contributed by atoms with Crippen LogP contribution >= 0.6 is 0 Å². The molecule has 0 amide bonds. The fourth-order valence-corrected chi connectivity index (χ4v) is 3.81. The van der Waals surface area contributed by atoms with E-state index in [2.05, 4.69) is 13.8 Å². The lowest BCUT2D eigenvalue weighted by atomic mass is 9.80. The first-order chi connectivity index (χ1) is 8.27. The van der Waals surface area contributed by atoms with E-state index in [-0.39, 0.29) is 0 Å². The van der Waals surface area contributed by atoms with E-state index in [1.165, 1.54) is 51.4 Å². The molecule has 1 saturated heterocycles. The Bertz CT molecular complexity index is 202. The summed E-state index contributed by atoms with van der Waals surface area (Å²) in [7, 11) is 0. The molecule has 0 aromatic rings. The first-order valence-corrected chi connectivity index (χ1v) is 7.85. The van der Waals surface area contributed by atoms with Crippen LogP contribution in [0.4, 0.5) is 0 Å². The van der Waals surface area contributed by atoms with Crippen LogP contribution in [0.25, 0.3) is 0 Å². The van der Waals surface area contributed by atoms with Gasteiger partial charge in [0, 0.05) is 13.2 Å². The predicted octanol–water partition coefficient (Wildman–Crippen LogP) is 4.66. The Balaban J connectivity index is 1.65. The van der Waals surface area contributed by atoms with Gasteiger partial charge in [0.1, 0.15) is 0 Å². The van der Waals surface area contributed by atoms with Gasteiger partial charge in [0.05, 0.1) is 0 Å². The Morgan fingerprint density at radius 2 is 1.29 bits per heavy atom. The molecule has 0 aromatic heterocycles. The minimum absolute atomic E-state index is 0.919. The van der Waals surface area contributed by atoms with Crippen LogP contribution in [-0.4, -0.2) is 13.2 Å². The molecule has 100 valence electrons. The van der Waals surface area contributed by atoms with Gasteiger partial charge in [-0.25, -0.2) is 0 Å². The zero-order valence-electron chi connectivity index (χ0n) is 11.8. The highest BCUT2D eigenvalue weighted by molar-refractivity contribution is 4.75. The maximum Gasteiger partial charge on any atom is 0.0468 e. The van der Waals surface area contributed by atoms with Gasteiger partial charge in [-0.3, -0.25) is 0 Å². The van der Waals surface area contributed by atoms with Crippen LogP contribution in [0.5, 0.6) is 0 Å². The number of rotatable bonds is 5. The van der Waals surface area contributed by atoms with E-state index in [0.29, 0.717) is 0 Å². The third-order valence-electron chi connectivity index (χ3n) is 5.35. The average molecular weight is 238 g/mol. The molecule has 1 heterocycles. The Morgan fingerprint density at radius 3 is 1.82 bits per heavy atom. The Labute approximate surface area is 107 Å². The first-order valence-electron chi connectivity index (χ1n) is 7.85. The molecule has 1 aliphatic carbocycles. The summed E-state index contributed by atoms with van der Waals surface area (Å²) >= 11 is 0. The molecule has 0 radical (unpaired) electrons. The van der Waals surface area contributed by atoms with E-state index in [9.17, 15) is 0 Å². The van der Waals surface area contributed by atoms with E-state index in [0.717, 1.165) is 36.9 Å². The molecule has 2 unspecified atom stereocenters. The van der Waals surface area contributed by atoms with E-state index in [4.69, 9.17) is 4.74 Å². The summed E-state index contributed by atoms with van der Waals surface area (Å²) in [4.78, 5) is 0. The van der Waals surface area contributed by atoms with Gasteiger partial charge in [-0.2, -0.15) is 0 Å². The molecule has 1 nitrogen and oxygen atoms in total. The van der Waals surface area contributed by atoms with Crippen molar-refractivity contribution in [3.63, 3.8) is 0 Å². The lowest BCUT2D eigenvalue weighted by molar-refractivity contribution is 0.0466. The highest BCUT2D eigenvalue weighted by atomic mass is 16.5. The molecule has 2 atom stereocenters. The lowest BCUT2D eigenvalue weighted by Gasteiger charge is -2.29. The molecule has 2 fully saturated rings. The van der Waals surface area contributed by atoms with Gasteiger partial charge in [-0.05, 0) is 36.5 Å². The summed E-state index contributed by atoms with van der Waals surface area (Å²) in [5.41, 5.74) is 0. The quantitative estimate of drug-likeness (QED) is 0.677.